The Morgan fingerprint density at radius 3 is 2.47 bits per heavy atom. The Kier molecular flexibility index (Phi) is 4.86. The van der Waals surface area contributed by atoms with E-state index < -0.39 is 0 Å². The highest BCUT2D eigenvalue weighted by Gasteiger charge is 2.08. The van der Waals surface area contributed by atoms with Crippen LogP contribution in [0.15, 0.2) is 47.8 Å². The SMILES string of the molecule is O=C(CCC(=O)c1ccccc1)NCc1cccs1. The minimum absolute atomic E-state index is 0.00636. The average molecular weight is 273 g/mol. The molecule has 0 fully saturated rings. The summed E-state index contributed by atoms with van der Waals surface area (Å²) < 4.78 is 0. The van der Waals surface area contributed by atoms with Crippen LogP contribution in [0.3, 0.4) is 0 Å². The third-order valence-electron chi connectivity index (χ3n) is 2.71. The molecule has 0 aliphatic carbocycles. The molecule has 0 spiro atoms. The van der Waals surface area contributed by atoms with Crippen LogP contribution in [0.25, 0.3) is 0 Å². The van der Waals surface area contributed by atoms with Gasteiger partial charge in [0.05, 0.1) is 6.54 Å². The van der Waals surface area contributed by atoms with Crippen LogP contribution in [0.4, 0.5) is 0 Å². The van der Waals surface area contributed by atoms with Crippen molar-refractivity contribution in [1.29, 1.82) is 0 Å². The summed E-state index contributed by atoms with van der Waals surface area (Å²) >= 11 is 1.60. The molecule has 0 saturated carbocycles. The third kappa shape index (κ3) is 4.34. The summed E-state index contributed by atoms with van der Waals surface area (Å²) in [5, 5.41) is 4.78. The first-order chi connectivity index (χ1) is 9.25. The fourth-order valence-corrected chi connectivity index (χ4v) is 2.33. The summed E-state index contributed by atoms with van der Waals surface area (Å²) in [5.41, 5.74) is 0.661. The second-order valence-electron chi connectivity index (χ2n) is 4.15. The van der Waals surface area contributed by atoms with Crippen LogP contribution < -0.4 is 5.32 Å². The maximum Gasteiger partial charge on any atom is 0.220 e. The summed E-state index contributed by atoms with van der Waals surface area (Å²) in [6, 6.07) is 13.0. The van der Waals surface area contributed by atoms with Gasteiger partial charge in [-0.3, -0.25) is 9.59 Å². The highest BCUT2D eigenvalue weighted by atomic mass is 32.1. The van der Waals surface area contributed by atoms with E-state index in [1.165, 1.54) is 0 Å². The Bertz CT molecular complexity index is 535. The zero-order valence-electron chi connectivity index (χ0n) is 10.5. The first kappa shape index (κ1) is 13.5. The standard InChI is InChI=1S/C15H15NO2S/c17-14(12-5-2-1-3-6-12)8-9-15(18)16-11-13-7-4-10-19-13/h1-7,10H,8-9,11H2,(H,16,18). The summed E-state index contributed by atoms with van der Waals surface area (Å²) in [4.78, 5) is 24.5. The van der Waals surface area contributed by atoms with E-state index in [0.717, 1.165) is 4.88 Å². The molecule has 19 heavy (non-hydrogen) atoms. The van der Waals surface area contributed by atoms with Crippen molar-refractivity contribution in [3.63, 3.8) is 0 Å². The van der Waals surface area contributed by atoms with Gasteiger partial charge in [-0.25, -0.2) is 0 Å². The lowest BCUT2D eigenvalue weighted by molar-refractivity contribution is -0.121. The number of carbonyl (C=O) groups is 2. The van der Waals surface area contributed by atoms with E-state index in [9.17, 15) is 9.59 Å². The van der Waals surface area contributed by atoms with E-state index in [0.29, 0.717) is 12.1 Å². The minimum atomic E-state index is -0.0855. The molecule has 0 aliphatic rings. The van der Waals surface area contributed by atoms with Gasteiger partial charge in [0.25, 0.3) is 0 Å². The summed E-state index contributed by atoms with van der Waals surface area (Å²) in [6.07, 6.45) is 0.486. The van der Waals surface area contributed by atoms with Crippen molar-refractivity contribution in [2.24, 2.45) is 0 Å². The first-order valence-corrected chi connectivity index (χ1v) is 7.01. The number of thiophene rings is 1. The van der Waals surface area contributed by atoms with Crippen molar-refractivity contribution < 1.29 is 9.59 Å². The molecule has 0 saturated heterocycles. The lowest BCUT2D eigenvalue weighted by Gasteiger charge is -2.03. The summed E-state index contributed by atoms with van der Waals surface area (Å²) in [6.45, 7) is 0.538. The Balaban J connectivity index is 1.73. The van der Waals surface area contributed by atoms with E-state index in [-0.39, 0.29) is 24.5 Å². The number of rotatable bonds is 6. The van der Waals surface area contributed by atoms with E-state index >= 15 is 0 Å². The molecule has 1 amide bonds. The molecule has 98 valence electrons. The van der Waals surface area contributed by atoms with E-state index in [2.05, 4.69) is 5.32 Å². The van der Waals surface area contributed by atoms with Gasteiger partial charge in [-0.05, 0) is 11.4 Å². The van der Waals surface area contributed by atoms with Gasteiger partial charge >= 0.3 is 0 Å². The number of hydrogen-bond donors (Lipinski definition) is 1. The highest BCUT2D eigenvalue weighted by Crippen LogP contribution is 2.08. The fraction of sp³-hybridized carbons (Fsp3) is 0.200. The predicted molar refractivity (Wildman–Crippen MR) is 76.2 cm³/mol. The molecular weight excluding hydrogens is 258 g/mol. The van der Waals surface area contributed by atoms with Crippen molar-refractivity contribution in [1.82, 2.24) is 5.32 Å². The number of nitrogens with one attached hydrogen (secondary N) is 1. The second kappa shape index (κ2) is 6.85. The van der Waals surface area contributed by atoms with Crippen molar-refractivity contribution in [3.05, 3.63) is 58.3 Å². The number of amides is 1. The maximum absolute atomic E-state index is 11.8. The highest BCUT2D eigenvalue weighted by molar-refractivity contribution is 7.09. The molecule has 3 nitrogen and oxygen atoms in total. The van der Waals surface area contributed by atoms with Crippen LogP contribution in [0, 0.1) is 0 Å². The number of carbonyl (C=O) groups excluding carboxylic acids is 2. The molecule has 0 aliphatic heterocycles. The van der Waals surface area contributed by atoms with Crippen LogP contribution in [-0.4, -0.2) is 11.7 Å². The quantitative estimate of drug-likeness (QED) is 0.822. The van der Waals surface area contributed by atoms with Crippen molar-refractivity contribution in [3.8, 4) is 0 Å². The molecule has 0 unspecified atom stereocenters. The van der Waals surface area contributed by atoms with Crippen molar-refractivity contribution in [2.75, 3.05) is 0 Å². The Hall–Kier alpha value is -1.94. The Morgan fingerprint density at radius 1 is 1.00 bits per heavy atom. The molecule has 0 bridgehead atoms. The van der Waals surface area contributed by atoms with Gasteiger partial charge in [0.1, 0.15) is 0 Å². The molecule has 1 aromatic carbocycles. The van der Waals surface area contributed by atoms with Gasteiger partial charge in [0.2, 0.25) is 5.91 Å². The number of ketones is 1. The topological polar surface area (TPSA) is 46.2 Å². The van der Waals surface area contributed by atoms with E-state index in [4.69, 9.17) is 0 Å². The van der Waals surface area contributed by atoms with Gasteiger partial charge in [-0.2, -0.15) is 0 Å². The fourth-order valence-electron chi connectivity index (χ4n) is 1.68. The molecule has 0 radical (unpaired) electrons. The molecule has 4 heteroatoms. The lowest BCUT2D eigenvalue weighted by Crippen LogP contribution is -2.22. The minimum Gasteiger partial charge on any atom is -0.351 e. The lowest BCUT2D eigenvalue weighted by atomic mass is 10.1. The summed E-state index contributed by atoms with van der Waals surface area (Å²) in [5.74, 6) is -0.0791. The number of benzene rings is 1. The first-order valence-electron chi connectivity index (χ1n) is 6.13. The zero-order valence-corrected chi connectivity index (χ0v) is 11.3. The zero-order chi connectivity index (χ0) is 13.5. The monoisotopic (exact) mass is 273 g/mol. The second-order valence-corrected chi connectivity index (χ2v) is 5.18. The molecular formula is C15H15NO2S. The largest absolute Gasteiger partial charge is 0.351 e. The number of Topliss-reactive ketones (excluding diaryl/α,β-unsaturated/α-hetero) is 1. The Labute approximate surface area is 116 Å². The van der Waals surface area contributed by atoms with Gasteiger partial charge in [-0.15, -0.1) is 11.3 Å². The van der Waals surface area contributed by atoms with Crippen molar-refractivity contribution in [2.45, 2.75) is 19.4 Å². The van der Waals surface area contributed by atoms with E-state index in [1.807, 2.05) is 35.7 Å². The molecule has 1 N–H and O–H groups in total. The average Bonchev–Trinajstić information content (AvgIpc) is 2.96. The van der Waals surface area contributed by atoms with Crippen LogP contribution in [0.5, 0.6) is 0 Å². The molecule has 2 rings (SSSR count). The smallest absolute Gasteiger partial charge is 0.220 e. The normalized spacial score (nSPS) is 10.1. The molecule has 1 heterocycles. The summed E-state index contributed by atoms with van der Waals surface area (Å²) in [7, 11) is 0. The molecule has 1 aromatic heterocycles. The third-order valence-corrected chi connectivity index (χ3v) is 3.59. The van der Waals surface area contributed by atoms with Gasteiger partial charge in [-0.1, -0.05) is 36.4 Å². The Morgan fingerprint density at radius 2 is 1.79 bits per heavy atom. The van der Waals surface area contributed by atoms with Gasteiger partial charge < -0.3 is 5.32 Å². The van der Waals surface area contributed by atoms with Crippen LogP contribution in [0.1, 0.15) is 28.1 Å². The molecule has 0 atom stereocenters. The number of hydrogen-bond acceptors (Lipinski definition) is 3. The van der Waals surface area contributed by atoms with Crippen LogP contribution in [-0.2, 0) is 11.3 Å². The van der Waals surface area contributed by atoms with Crippen LogP contribution >= 0.6 is 11.3 Å². The van der Waals surface area contributed by atoms with E-state index in [1.54, 1.807) is 23.5 Å². The van der Waals surface area contributed by atoms with Gasteiger partial charge in [0, 0.05) is 23.3 Å². The van der Waals surface area contributed by atoms with Crippen molar-refractivity contribution >= 4 is 23.0 Å². The van der Waals surface area contributed by atoms with Crippen LogP contribution in [0.2, 0.25) is 0 Å². The molecule has 2 aromatic rings. The predicted octanol–water partition coefficient (Wildman–Crippen LogP) is 3.03. The van der Waals surface area contributed by atoms with Gasteiger partial charge in [0.15, 0.2) is 5.78 Å². The maximum atomic E-state index is 11.8.